The summed E-state index contributed by atoms with van der Waals surface area (Å²) in [4.78, 5) is 12.3. The molecule has 0 spiro atoms. The lowest BCUT2D eigenvalue weighted by atomic mass is 10.0. The maximum absolute atomic E-state index is 13.4. The molecule has 0 N–H and O–H groups in total. The lowest BCUT2D eigenvalue weighted by molar-refractivity contribution is -0.0883. The molecule has 0 bridgehead atoms. The monoisotopic (exact) mass is 418 g/mol. The maximum Gasteiger partial charge on any atom is 0.234 e. The quantitative estimate of drug-likeness (QED) is 0.620. The number of oxime groups is 1. The molecule has 31 heavy (non-hydrogen) atoms. The normalized spacial score (nSPS) is 21.2. The molecule has 2 aliphatic heterocycles. The molecule has 0 aliphatic carbocycles. The van der Waals surface area contributed by atoms with Crippen molar-refractivity contribution in [1.82, 2.24) is 14.5 Å². The Morgan fingerprint density at radius 1 is 1.19 bits per heavy atom. The van der Waals surface area contributed by atoms with Gasteiger partial charge < -0.3 is 19.0 Å². The van der Waals surface area contributed by atoms with Gasteiger partial charge in [0, 0.05) is 30.8 Å². The fourth-order valence-corrected chi connectivity index (χ4v) is 4.18. The van der Waals surface area contributed by atoms with Crippen LogP contribution in [0, 0.1) is 12.7 Å². The van der Waals surface area contributed by atoms with Crippen LogP contribution in [-0.4, -0.2) is 33.9 Å². The van der Waals surface area contributed by atoms with Gasteiger partial charge in [0.05, 0.1) is 24.8 Å². The van der Waals surface area contributed by atoms with Crippen LogP contribution in [0.25, 0.3) is 11.8 Å². The highest BCUT2D eigenvalue weighted by atomic mass is 19.1. The first-order chi connectivity index (χ1) is 15.0. The van der Waals surface area contributed by atoms with Crippen LogP contribution in [0.3, 0.4) is 0 Å². The minimum absolute atomic E-state index is 0.267. The molecule has 0 amide bonds. The topological polar surface area (TPSA) is 51.9 Å². The van der Waals surface area contributed by atoms with Gasteiger partial charge in [-0.05, 0) is 49.2 Å². The van der Waals surface area contributed by atoms with E-state index in [2.05, 4.69) is 27.2 Å². The van der Waals surface area contributed by atoms with E-state index < -0.39 is 5.72 Å². The number of hydrogen-bond donors (Lipinski definition) is 0. The molecule has 6 nitrogen and oxygen atoms in total. The number of ether oxygens (including phenoxy) is 1. The number of aromatic nitrogens is 2. The fraction of sp³-hybridized carbons (Fsp3) is 0.250. The number of aryl methyl sites for hydroxylation is 1. The number of methoxy groups -OCH3 is 1. The number of halogens is 1. The second kappa shape index (κ2) is 7.27. The Balaban J connectivity index is 1.43. The molecule has 1 aromatic heterocycles. The molecule has 2 aromatic carbocycles. The first-order valence-corrected chi connectivity index (χ1v) is 10.2. The Hall–Kier alpha value is -3.61. The number of fused-ring (bicyclic) bond motifs is 1. The van der Waals surface area contributed by atoms with Crippen LogP contribution in [0.2, 0.25) is 0 Å². The van der Waals surface area contributed by atoms with E-state index in [1.807, 2.05) is 36.7 Å². The van der Waals surface area contributed by atoms with Gasteiger partial charge in [-0.1, -0.05) is 23.4 Å². The van der Waals surface area contributed by atoms with Crippen molar-refractivity contribution in [2.75, 3.05) is 13.7 Å². The van der Waals surface area contributed by atoms with Gasteiger partial charge in [0.2, 0.25) is 5.72 Å². The Kier molecular flexibility index (Phi) is 4.54. The van der Waals surface area contributed by atoms with Crippen molar-refractivity contribution in [3.8, 4) is 11.4 Å². The molecule has 2 aliphatic rings. The predicted molar refractivity (Wildman–Crippen MR) is 116 cm³/mol. The predicted octanol–water partition coefficient (Wildman–Crippen LogP) is 4.63. The van der Waals surface area contributed by atoms with Crippen molar-refractivity contribution >= 4 is 11.9 Å². The van der Waals surface area contributed by atoms with Gasteiger partial charge >= 0.3 is 0 Å². The van der Waals surface area contributed by atoms with Crippen LogP contribution in [0.5, 0.6) is 5.75 Å². The van der Waals surface area contributed by atoms with E-state index >= 15 is 0 Å². The zero-order valence-electron chi connectivity index (χ0n) is 17.7. The van der Waals surface area contributed by atoms with Crippen LogP contribution >= 0.6 is 0 Å². The summed E-state index contributed by atoms with van der Waals surface area (Å²) in [7, 11) is 1.67. The van der Waals surface area contributed by atoms with Crippen molar-refractivity contribution in [3.05, 3.63) is 83.2 Å². The molecule has 7 heteroatoms. The molecule has 0 radical (unpaired) electrons. The average molecular weight is 418 g/mol. The van der Waals surface area contributed by atoms with E-state index in [-0.39, 0.29) is 5.82 Å². The second-order valence-electron chi connectivity index (χ2n) is 7.92. The molecular weight excluding hydrogens is 395 g/mol. The smallest absolute Gasteiger partial charge is 0.234 e. The third kappa shape index (κ3) is 3.26. The average Bonchev–Trinajstić information content (AvgIpc) is 3.47. The number of imidazole rings is 1. The lowest BCUT2D eigenvalue weighted by Crippen LogP contribution is -2.41. The van der Waals surface area contributed by atoms with E-state index in [0.717, 1.165) is 52.6 Å². The van der Waals surface area contributed by atoms with E-state index in [4.69, 9.17) is 9.57 Å². The number of rotatable bonds is 4. The van der Waals surface area contributed by atoms with Crippen molar-refractivity contribution in [2.45, 2.75) is 26.0 Å². The lowest BCUT2D eigenvalue weighted by Gasteiger charge is -2.31. The highest BCUT2D eigenvalue weighted by Crippen LogP contribution is 2.41. The highest BCUT2D eigenvalue weighted by molar-refractivity contribution is 6.04. The summed E-state index contributed by atoms with van der Waals surface area (Å²) < 4.78 is 20.9. The van der Waals surface area contributed by atoms with E-state index in [9.17, 15) is 4.39 Å². The van der Waals surface area contributed by atoms with Crippen molar-refractivity contribution in [1.29, 1.82) is 0 Å². The molecule has 5 rings (SSSR count). The number of hydrogen-bond acceptors (Lipinski definition) is 5. The van der Waals surface area contributed by atoms with Gasteiger partial charge in [-0.2, -0.15) is 0 Å². The fourth-order valence-electron chi connectivity index (χ4n) is 4.18. The minimum Gasteiger partial charge on any atom is -0.495 e. The third-order valence-electron chi connectivity index (χ3n) is 5.89. The Bertz CT molecular complexity index is 1200. The van der Waals surface area contributed by atoms with Gasteiger partial charge in [0.1, 0.15) is 11.6 Å². The summed E-state index contributed by atoms with van der Waals surface area (Å²) in [6.45, 7) is 4.70. The van der Waals surface area contributed by atoms with E-state index in [1.165, 1.54) is 12.1 Å². The molecule has 1 unspecified atom stereocenters. The standard InChI is InChI=1S/C24H23FN4O2/c1-16-14-28(15-26-16)21-9-4-17(13-22(21)30-3)12-18-10-11-29-23(18)27-31-24(29,2)19-5-7-20(25)8-6-19/h4-9,12-15H,10-11H2,1-3H3/b18-12+. The second-order valence-corrected chi connectivity index (χ2v) is 7.92. The highest BCUT2D eigenvalue weighted by Gasteiger charge is 2.47. The Morgan fingerprint density at radius 3 is 2.71 bits per heavy atom. The van der Waals surface area contributed by atoms with Crippen LogP contribution in [0.1, 0.15) is 30.2 Å². The first kappa shape index (κ1) is 19.4. The molecular formula is C24H23FN4O2. The summed E-state index contributed by atoms with van der Waals surface area (Å²) in [5.41, 5.74) is 4.13. The molecule has 3 aromatic rings. The van der Waals surface area contributed by atoms with Gasteiger partial charge in [-0.3, -0.25) is 0 Å². The van der Waals surface area contributed by atoms with Crippen LogP contribution < -0.4 is 4.74 Å². The van der Waals surface area contributed by atoms with Crippen molar-refractivity contribution < 1.29 is 14.0 Å². The minimum atomic E-state index is -0.737. The zero-order valence-corrected chi connectivity index (χ0v) is 17.7. The van der Waals surface area contributed by atoms with Gasteiger partial charge in [0.15, 0.2) is 5.84 Å². The zero-order chi connectivity index (χ0) is 21.6. The summed E-state index contributed by atoms with van der Waals surface area (Å²) in [6, 6.07) is 12.5. The molecule has 1 fully saturated rings. The largest absolute Gasteiger partial charge is 0.495 e. The van der Waals surface area contributed by atoms with Gasteiger partial charge in [-0.25, -0.2) is 9.37 Å². The van der Waals surface area contributed by atoms with E-state index in [1.54, 1.807) is 25.6 Å². The van der Waals surface area contributed by atoms with E-state index in [0.29, 0.717) is 0 Å². The molecule has 3 heterocycles. The summed E-state index contributed by atoms with van der Waals surface area (Å²) in [5, 5.41) is 4.37. The van der Waals surface area contributed by atoms with Crippen LogP contribution in [-0.2, 0) is 10.6 Å². The number of nitrogens with zero attached hydrogens (tertiary/aromatic N) is 4. The maximum atomic E-state index is 13.4. The summed E-state index contributed by atoms with van der Waals surface area (Å²) >= 11 is 0. The Labute approximate surface area is 180 Å². The van der Waals surface area contributed by atoms with Gasteiger partial charge in [0.25, 0.3) is 0 Å². The van der Waals surface area contributed by atoms with Crippen molar-refractivity contribution in [2.24, 2.45) is 5.16 Å². The molecule has 1 saturated heterocycles. The molecule has 0 saturated carbocycles. The SMILES string of the molecule is COc1cc(/C=C2\CCN3C2=NOC3(C)c2ccc(F)cc2)ccc1-n1cnc(C)c1. The molecule has 1 atom stereocenters. The first-order valence-electron chi connectivity index (χ1n) is 10.2. The molecule has 158 valence electrons. The number of amidine groups is 1. The van der Waals surface area contributed by atoms with Gasteiger partial charge in [-0.15, -0.1) is 0 Å². The van der Waals surface area contributed by atoms with Crippen molar-refractivity contribution in [3.63, 3.8) is 0 Å². The third-order valence-corrected chi connectivity index (χ3v) is 5.89. The number of benzene rings is 2. The summed E-state index contributed by atoms with van der Waals surface area (Å²) in [5.74, 6) is 1.32. The Morgan fingerprint density at radius 2 is 2.00 bits per heavy atom. The van der Waals surface area contributed by atoms with Crippen LogP contribution in [0.4, 0.5) is 4.39 Å². The van der Waals surface area contributed by atoms with Crippen LogP contribution in [0.15, 0.2) is 65.7 Å². The summed E-state index contributed by atoms with van der Waals surface area (Å²) in [6.07, 6.45) is 6.71.